The van der Waals surface area contributed by atoms with E-state index in [0.29, 0.717) is 6.54 Å². The van der Waals surface area contributed by atoms with Gasteiger partial charge in [-0.15, -0.1) is 0 Å². The van der Waals surface area contributed by atoms with Crippen LogP contribution in [0.15, 0.2) is 91.0 Å². The molecule has 0 fully saturated rings. The molecule has 5 atom stereocenters. The quantitative estimate of drug-likeness (QED) is 0.155. The van der Waals surface area contributed by atoms with Crippen molar-refractivity contribution in [3.05, 3.63) is 108 Å². The largest absolute Gasteiger partial charge is 0.389 e. The molecule has 0 unspecified atom stereocenters. The van der Waals surface area contributed by atoms with Crippen molar-refractivity contribution in [2.75, 3.05) is 0 Å². The van der Waals surface area contributed by atoms with E-state index in [9.17, 15) is 19.5 Å². The highest BCUT2D eigenvalue weighted by Gasteiger charge is 2.38. The average molecular weight is 616 g/mol. The number of nitrogens with two attached hydrogens (primary N) is 1. The van der Waals surface area contributed by atoms with Crippen LogP contribution in [-0.2, 0) is 33.9 Å². The summed E-state index contributed by atoms with van der Waals surface area (Å²) in [4.78, 5) is 40.6. The number of aliphatic hydroxyl groups is 1. The molecule has 0 aliphatic rings. The number of benzene rings is 3. The number of rotatable bonds is 15. The van der Waals surface area contributed by atoms with Gasteiger partial charge in [0.15, 0.2) is 0 Å². The minimum absolute atomic E-state index is 0.235. The molecule has 0 bridgehead atoms. The summed E-state index contributed by atoms with van der Waals surface area (Å²) >= 11 is 0. The summed E-state index contributed by atoms with van der Waals surface area (Å²) in [5.41, 5.74) is 8.46. The van der Waals surface area contributed by atoms with E-state index in [0.717, 1.165) is 16.7 Å². The van der Waals surface area contributed by atoms with Gasteiger partial charge in [0.25, 0.3) is 0 Å². The van der Waals surface area contributed by atoms with Crippen LogP contribution in [0.25, 0.3) is 0 Å². The molecule has 0 radical (unpaired) electrons. The van der Waals surface area contributed by atoms with E-state index in [4.69, 9.17) is 5.73 Å². The molecule has 0 aliphatic carbocycles. The van der Waals surface area contributed by atoms with Gasteiger partial charge in [0.1, 0.15) is 12.1 Å². The number of aliphatic hydroxyl groups excluding tert-OH is 1. The second-order valence-electron chi connectivity index (χ2n) is 12.9. The van der Waals surface area contributed by atoms with Crippen molar-refractivity contribution in [2.24, 2.45) is 17.1 Å². The third-order valence-corrected chi connectivity index (χ3v) is 7.80. The molecule has 9 heteroatoms. The molecule has 0 heterocycles. The van der Waals surface area contributed by atoms with Crippen molar-refractivity contribution in [3.63, 3.8) is 0 Å². The fourth-order valence-corrected chi connectivity index (χ4v) is 4.89. The molecule has 0 aromatic heterocycles. The van der Waals surface area contributed by atoms with Crippen molar-refractivity contribution in [1.29, 1.82) is 0 Å². The molecule has 242 valence electrons. The molecule has 45 heavy (non-hydrogen) atoms. The summed E-state index contributed by atoms with van der Waals surface area (Å²) in [5, 5.41) is 23.8. The molecule has 0 saturated carbocycles. The van der Waals surface area contributed by atoms with Crippen LogP contribution in [0.2, 0.25) is 0 Å². The zero-order valence-electron chi connectivity index (χ0n) is 27.0. The maximum Gasteiger partial charge on any atom is 0.243 e. The first kappa shape index (κ1) is 35.4. The maximum atomic E-state index is 14.0. The number of nitrogens with one attached hydrogen (secondary N) is 4. The van der Waals surface area contributed by atoms with Crippen LogP contribution in [0, 0.1) is 11.3 Å². The fraction of sp³-hybridized carbons (Fsp3) is 0.417. The third-order valence-electron chi connectivity index (χ3n) is 7.80. The zero-order chi connectivity index (χ0) is 33.0. The van der Waals surface area contributed by atoms with E-state index < -0.39 is 47.5 Å². The predicted octanol–water partition coefficient (Wildman–Crippen LogP) is 3.06. The van der Waals surface area contributed by atoms with Crippen LogP contribution in [0.1, 0.15) is 51.3 Å². The highest BCUT2D eigenvalue weighted by Crippen LogP contribution is 2.19. The Labute approximate surface area is 267 Å². The molecule has 3 rings (SSSR count). The fourth-order valence-electron chi connectivity index (χ4n) is 4.89. The second-order valence-corrected chi connectivity index (χ2v) is 12.9. The summed E-state index contributed by atoms with van der Waals surface area (Å²) < 4.78 is 0. The van der Waals surface area contributed by atoms with Crippen LogP contribution in [-0.4, -0.2) is 53.1 Å². The van der Waals surface area contributed by atoms with Crippen LogP contribution in [0.3, 0.4) is 0 Å². The van der Waals surface area contributed by atoms with E-state index in [1.165, 1.54) is 0 Å². The van der Waals surface area contributed by atoms with Gasteiger partial charge in [0.2, 0.25) is 17.7 Å². The Morgan fingerprint density at radius 3 is 1.67 bits per heavy atom. The Morgan fingerprint density at radius 2 is 1.18 bits per heavy atom. The molecular weight excluding hydrogens is 566 g/mol. The molecule has 7 N–H and O–H groups in total. The molecule has 0 aliphatic heterocycles. The second kappa shape index (κ2) is 16.9. The number of carbonyl (C=O) groups excluding carboxylic acids is 3. The summed E-state index contributed by atoms with van der Waals surface area (Å²) in [6.07, 6.45) is -1.11. The van der Waals surface area contributed by atoms with Crippen LogP contribution in [0.4, 0.5) is 0 Å². The standard InChI is InChI=1S/C36H49N5O4/c1-24(2)29(33(43)39-23-27-19-13-8-14-20-27)41-34(44)30(38-22-26-17-11-7-12-18-26)31(42)28(21-25-15-9-6-10-16-25)40-35(45)32(37)36(3,4)5/h6-20,24,28-32,38,42H,21-23,37H2,1-5H3,(H,39,43)(H,40,45)(H,41,44)/t28-,29-,30+,31+,32+/m0/s1. The van der Waals surface area contributed by atoms with Gasteiger partial charge in [0, 0.05) is 13.1 Å². The van der Waals surface area contributed by atoms with Gasteiger partial charge < -0.3 is 26.8 Å². The molecule has 9 nitrogen and oxygen atoms in total. The molecular formula is C36H49N5O4. The van der Waals surface area contributed by atoms with Crippen molar-refractivity contribution < 1.29 is 19.5 Å². The highest BCUT2D eigenvalue weighted by molar-refractivity contribution is 5.90. The first-order chi connectivity index (χ1) is 21.4. The highest BCUT2D eigenvalue weighted by atomic mass is 16.3. The van der Waals surface area contributed by atoms with Gasteiger partial charge >= 0.3 is 0 Å². The Balaban J connectivity index is 1.88. The number of amides is 3. The monoisotopic (exact) mass is 615 g/mol. The summed E-state index contributed by atoms with van der Waals surface area (Å²) in [7, 11) is 0. The lowest BCUT2D eigenvalue weighted by molar-refractivity contribution is -0.134. The number of hydrogen-bond donors (Lipinski definition) is 6. The van der Waals surface area contributed by atoms with Gasteiger partial charge in [0.05, 0.1) is 18.2 Å². The normalized spacial score (nSPS) is 14.9. The van der Waals surface area contributed by atoms with E-state index in [1.54, 1.807) is 0 Å². The topological polar surface area (TPSA) is 146 Å². The maximum absolute atomic E-state index is 14.0. The van der Waals surface area contributed by atoms with E-state index >= 15 is 0 Å². The minimum atomic E-state index is -1.37. The van der Waals surface area contributed by atoms with Gasteiger partial charge in [-0.2, -0.15) is 0 Å². The Hall–Kier alpha value is -4.05. The third kappa shape index (κ3) is 11.1. The molecule has 3 amide bonds. The Kier molecular flexibility index (Phi) is 13.3. The van der Waals surface area contributed by atoms with Crippen molar-refractivity contribution in [2.45, 2.75) is 84.4 Å². The number of carbonyl (C=O) groups is 3. The Morgan fingerprint density at radius 1 is 0.689 bits per heavy atom. The summed E-state index contributed by atoms with van der Waals surface area (Å²) in [6, 6.07) is 24.7. The first-order valence-electron chi connectivity index (χ1n) is 15.5. The van der Waals surface area contributed by atoms with Crippen LogP contribution in [0.5, 0.6) is 0 Å². The zero-order valence-corrected chi connectivity index (χ0v) is 27.0. The van der Waals surface area contributed by atoms with Crippen LogP contribution >= 0.6 is 0 Å². The lowest BCUT2D eigenvalue weighted by Crippen LogP contribution is -2.63. The summed E-state index contributed by atoms with van der Waals surface area (Å²) in [6.45, 7) is 9.89. The molecule has 0 spiro atoms. The van der Waals surface area contributed by atoms with Crippen molar-refractivity contribution in [3.8, 4) is 0 Å². The van der Waals surface area contributed by atoms with E-state index in [-0.39, 0.29) is 24.8 Å². The predicted molar refractivity (Wildman–Crippen MR) is 178 cm³/mol. The van der Waals surface area contributed by atoms with Gasteiger partial charge in [-0.3, -0.25) is 19.7 Å². The molecule has 3 aromatic carbocycles. The average Bonchev–Trinajstić information content (AvgIpc) is 3.02. The Bertz CT molecular complexity index is 1350. The molecule has 3 aromatic rings. The SMILES string of the molecule is CC(C)[C@H](NC(=O)[C@H](NCc1ccccc1)[C@H](O)[C@H](Cc1ccccc1)NC(=O)[C@@H](N)C(C)(C)C)C(=O)NCc1ccccc1. The molecule has 0 saturated heterocycles. The lowest BCUT2D eigenvalue weighted by Gasteiger charge is -2.34. The minimum Gasteiger partial charge on any atom is -0.389 e. The lowest BCUT2D eigenvalue weighted by atomic mass is 9.86. The summed E-state index contributed by atoms with van der Waals surface area (Å²) in [5.74, 6) is -1.55. The number of hydrogen-bond acceptors (Lipinski definition) is 6. The smallest absolute Gasteiger partial charge is 0.243 e. The van der Waals surface area contributed by atoms with Gasteiger partial charge in [-0.05, 0) is 34.4 Å². The van der Waals surface area contributed by atoms with Crippen molar-refractivity contribution >= 4 is 17.7 Å². The van der Waals surface area contributed by atoms with Crippen molar-refractivity contribution in [1.82, 2.24) is 21.3 Å². The van der Waals surface area contributed by atoms with Gasteiger partial charge in [-0.25, -0.2) is 0 Å². The van der Waals surface area contributed by atoms with Gasteiger partial charge in [-0.1, -0.05) is 126 Å². The van der Waals surface area contributed by atoms with E-state index in [2.05, 4.69) is 21.3 Å². The van der Waals surface area contributed by atoms with Crippen LogP contribution < -0.4 is 27.0 Å². The van der Waals surface area contributed by atoms with E-state index in [1.807, 2.05) is 126 Å². The first-order valence-corrected chi connectivity index (χ1v) is 15.5.